The van der Waals surface area contributed by atoms with Gasteiger partial charge in [-0.2, -0.15) is 0 Å². The molecular formula is C26H24N2O3. The molecule has 5 heteroatoms. The van der Waals surface area contributed by atoms with Crippen LogP contribution in [0.3, 0.4) is 0 Å². The summed E-state index contributed by atoms with van der Waals surface area (Å²) in [4.78, 5) is 40.5. The van der Waals surface area contributed by atoms with Gasteiger partial charge in [0.2, 0.25) is 11.8 Å². The Morgan fingerprint density at radius 2 is 1.52 bits per heavy atom. The Morgan fingerprint density at radius 3 is 2.13 bits per heavy atom. The Balaban J connectivity index is 1.23. The van der Waals surface area contributed by atoms with Crippen LogP contribution in [0.1, 0.15) is 27.9 Å². The maximum absolute atomic E-state index is 13.2. The molecule has 0 radical (unpaired) electrons. The number of allylic oxidation sites excluding steroid dienone is 2. The molecule has 2 bridgehead atoms. The first-order valence-corrected chi connectivity index (χ1v) is 11.0. The Kier molecular flexibility index (Phi) is 3.83. The van der Waals surface area contributed by atoms with Gasteiger partial charge in [0.1, 0.15) is 0 Å². The van der Waals surface area contributed by atoms with Gasteiger partial charge in [0.25, 0.3) is 5.91 Å². The summed E-state index contributed by atoms with van der Waals surface area (Å²) in [5, 5.41) is 2.95. The van der Waals surface area contributed by atoms with Gasteiger partial charge < -0.3 is 5.32 Å². The molecule has 156 valence electrons. The van der Waals surface area contributed by atoms with E-state index in [0.29, 0.717) is 23.1 Å². The Morgan fingerprint density at radius 1 is 0.903 bits per heavy atom. The van der Waals surface area contributed by atoms with Crippen LogP contribution in [-0.4, -0.2) is 17.7 Å². The van der Waals surface area contributed by atoms with E-state index in [4.69, 9.17) is 0 Å². The van der Waals surface area contributed by atoms with Gasteiger partial charge in [0.05, 0.1) is 17.5 Å². The lowest BCUT2D eigenvalue weighted by molar-refractivity contribution is -0.124. The highest BCUT2D eigenvalue weighted by atomic mass is 16.2. The number of carbonyl (C=O) groups is 3. The molecule has 1 aliphatic heterocycles. The van der Waals surface area contributed by atoms with Crippen molar-refractivity contribution in [3.05, 3.63) is 71.3 Å². The standard InChI is InChI=1S/C26H24N2O3/c1-13-3-4-14(2)21(11-13)27-24(29)15-5-7-16(8-6-15)28-25(30)22-17-9-10-18(20-12-19(17)20)23(22)26(28)31/h3-11,17-20,22-23H,12H2,1-2H3,(H,27,29). The third kappa shape index (κ3) is 2.65. The summed E-state index contributed by atoms with van der Waals surface area (Å²) < 4.78 is 0. The highest BCUT2D eigenvalue weighted by molar-refractivity contribution is 6.22. The average Bonchev–Trinajstić information content (AvgIpc) is 3.54. The van der Waals surface area contributed by atoms with Crippen LogP contribution in [0.2, 0.25) is 0 Å². The topological polar surface area (TPSA) is 66.5 Å². The van der Waals surface area contributed by atoms with E-state index in [1.807, 2.05) is 32.0 Å². The lowest BCUT2D eigenvalue weighted by atomic mass is 9.63. The number of aryl methyl sites for hydroxylation is 2. The molecular weight excluding hydrogens is 388 g/mol. The Hall–Kier alpha value is -3.21. The number of carbonyl (C=O) groups excluding carboxylic acids is 3. The lowest BCUT2D eigenvalue weighted by Crippen LogP contribution is -2.40. The second kappa shape index (κ2) is 6.39. The molecule has 31 heavy (non-hydrogen) atoms. The highest BCUT2D eigenvalue weighted by Crippen LogP contribution is 2.65. The van der Waals surface area contributed by atoms with Crippen molar-refractivity contribution < 1.29 is 14.4 Å². The molecule has 2 aromatic carbocycles. The van der Waals surface area contributed by atoms with E-state index in [-0.39, 0.29) is 41.4 Å². The highest BCUT2D eigenvalue weighted by Gasteiger charge is 2.67. The van der Waals surface area contributed by atoms with Crippen LogP contribution in [-0.2, 0) is 9.59 Å². The van der Waals surface area contributed by atoms with Crippen molar-refractivity contribution in [3.63, 3.8) is 0 Å². The second-order valence-electron chi connectivity index (χ2n) is 9.49. The SMILES string of the molecule is Cc1ccc(C)c(NC(=O)c2ccc(N3C(=O)C4C5C=CC(C6CC56)C4C3=O)cc2)c1. The lowest BCUT2D eigenvalue weighted by Gasteiger charge is -2.37. The Bertz CT molecular complexity index is 1130. The molecule has 1 saturated heterocycles. The van der Waals surface area contributed by atoms with E-state index in [9.17, 15) is 14.4 Å². The van der Waals surface area contributed by atoms with Crippen molar-refractivity contribution in [1.29, 1.82) is 0 Å². The number of hydrogen-bond donors (Lipinski definition) is 1. The van der Waals surface area contributed by atoms with Crippen LogP contribution < -0.4 is 10.2 Å². The fraction of sp³-hybridized carbons (Fsp3) is 0.346. The smallest absolute Gasteiger partial charge is 0.255 e. The number of hydrogen-bond acceptors (Lipinski definition) is 3. The first-order chi connectivity index (χ1) is 14.9. The normalized spacial score (nSPS) is 32.1. The number of nitrogens with one attached hydrogen (secondary N) is 1. The monoisotopic (exact) mass is 412 g/mol. The van der Waals surface area contributed by atoms with Crippen molar-refractivity contribution in [2.24, 2.45) is 35.5 Å². The summed E-state index contributed by atoms with van der Waals surface area (Å²) >= 11 is 0. The first-order valence-electron chi connectivity index (χ1n) is 11.0. The number of imide groups is 1. The largest absolute Gasteiger partial charge is 0.322 e. The second-order valence-corrected chi connectivity index (χ2v) is 9.49. The average molecular weight is 412 g/mol. The van der Waals surface area contributed by atoms with Gasteiger partial charge in [-0.1, -0.05) is 24.3 Å². The van der Waals surface area contributed by atoms with Gasteiger partial charge in [-0.3, -0.25) is 19.3 Å². The predicted octanol–water partition coefficient (Wildman–Crippen LogP) is 4.11. The summed E-state index contributed by atoms with van der Waals surface area (Å²) in [6.07, 6.45) is 5.50. The number of anilines is 2. The van der Waals surface area contributed by atoms with E-state index in [2.05, 4.69) is 17.5 Å². The molecule has 0 aromatic heterocycles. The summed E-state index contributed by atoms with van der Waals surface area (Å²) in [6.45, 7) is 3.94. The van der Waals surface area contributed by atoms with Crippen molar-refractivity contribution >= 4 is 29.1 Å². The van der Waals surface area contributed by atoms with Gasteiger partial charge >= 0.3 is 0 Å². The van der Waals surface area contributed by atoms with Gasteiger partial charge in [0, 0.05) is 11.3 Å². The zero-order valence-corrected chi connectivity index (χ0v) is 17.5. The zero-order valence-electron chi connectivity index (χ0n) is 17.5. The summed E-state index contributed by atoms with van der Waals surface area (Å²) in [5.74, 6) is 0.813. The number of amides is 3. The van der Waals surface area contributed by atoms with E-state index >= 15 is 0 Å². The van der Waals surface area contributed by atoms with E-state index in [0.717, 1.165) is 23.2 Å². The predicted molar refractivity (Wildman–Crippen MR) is 118 cm³/mol. The first kappa shape index (κ1) is 18.6. The van der Waals surface area contributed by atoms with Gasteiger partial charge in [-0.15, -0.1) is 0 Å². The summed E-state index contributed by atoms with van der Waals surface area (Å²) in [6, 6.07) is 12.7. The third-order valence-electron chi connectivity index (χ3n) is 7.69. The quantitative estimate of drug-likeness (QED) is 0.609. The number of benzene rings is 2. The fourth-order valence-electron chi connectivity index (χ4n) is 6.04. The minimum absolute atomic E-state index is 0.0766. The molecule has 2 aromatic rings. The maximum Gasteiger partial charge on any atom is 0.255 e. The van der Waals surface area contributed by atoms with E-state index in [1.54, 1.807) is 24.3 Å². The molecule has 3 fully saturated rings. The van der Waals surface area contributed by atoms with Crippen LogP contribution in [0.25, 0.3) is 0 Å². The minimum Gasteiger partial charge on any atom is -0.322 e. The van der Waals surface area contributed by atoms with Crippen LogP contribution in [0, 0.1) is 49.4 Å². The van der Waals surface area contributed by atoms with Crippen LogP contribution >= 0.6 is 0 Å². The van der Waals surface area contributed by atoms with Crippen molar-refractivity contribution in [2.45, 2.75) is 20.3 Å². The van der Waals surface area contributed by atoms with Crippen molar-refractivity contribution in [1.82, 2.24) is 0 Å². The zero-order chi connectivity index (χ0) is 21.4. The van der Waals surface area contributed by atoms with E-state index in [1.165, 1.54) is 4.90 Å². The molecule has 7 rings (SSSR count). The minimum atomic E-state index is -0.213. The maximum atomic E-state index is 13.2. The van der Waals surface area contributed by atoms with E-state index < -0.39 is 0 Å². The molecule has 1 N–H and O–H groups in total. The van der Waals surface area contributed by atoms with Crippen LogP contribution in [0.5, 0.6) is 0 Å². The van der Waals surface area contributed by atoms with Gasteiger partial charge in [0.15, 0.2) is 0 Å². The Labute approximate surface area is 181 Å². The molecule has 5 nitrogen and oxygen atoms in total. The molecule has 2 saturated carbocycles. The van der Waals surface area contributed by atoms with Crippen LogP contribution in [0.15, 0.2) is 54.6 Å². The van der Waals surface area contributed by atoms with Crippen molar-refractivity contribution in [2.75, 3.05) is 10.2 Å². The van der Waals surface area contributed by atoms with Gasteiger partial charge in [-0.05, 0) is 85.4 Å². The summed E-state index contributed by atoms with van der Waals surface area (Å²) in [7, 11) is 0. The molecule has 4 aliphatic carbocycles. The van der Waals surface area contributed by atoms with Crippen LogP contribution in [0.4, 0.5) is 11.4 Å². The molecule has 5 aliphatic rings. The molecule has 3 amide bonds. The van der Waals surface area contributed by atoms with Crippen molar-refractivity contribution in [3.8, 4) is 0 Å². The summed E-state index contributed by atoms with van der Waals surface area (Å²) in [5.41, 5.74) is 3.90. The molecule has 0 spiro atoms. The fourth-order valence-corrected chi connectivity index (χ4v) is 6.04. The molecule has 1 heterocycles. The number of rotatable bonds is 3. The molecule has 6 unspecified atom stereocenters. The number of nitrogens with zero attached hydrogens (tertiary/aromatic N) is 1. The molecule has 6 atom stereocenters. The van der Waals surface area contributed by atoms with Gasteiger partial charge in [-0.25, -0.2) is 0 Å². The third-order valence-corrected chi connectivity index (χ3v) is 7.69.